The Morgan fingerprint density at radius 3 is 2.63 bits per heavy atom. The molecule has 0 aromatic heterocycles. The number of amides is 1. The monoisotopic (exact) mass is 266 g/mol. The fourth-order valence-electron chi connectivity index (χ4n) is 1.80. The lowest BCUT2D eigenvalue weighted by atomic mass is 9.87. The van der Waals surface area contributed by atoms with E-state index in [1.807, 2.05) is 0 Å². The molecule has 0 saturated heterocycles. The van der Waals surface area contributed by atoms with E-state index >= 15 is 0 Å². The zero-order chi connectivity index (χ0) is 14.5. The van der Waals surface area contributed by atoms with Crippen LogP contribution in [0.1, 0.15) is 37.0 Å². The summed E-state index contributed by atoms with van der Waals surface area (Å²) in [5, 5.41) is 21.6. The standard InChI is InChI=1S/C14H22N2O3/c1-14(2,6-3-7-15)9-16-13(19)11-5-4-10(17)8-12(11)18/h4-5,8,17-18H,3,6-7,9,15H2,1-2H3,(H,16,19). The van der Waals surface area contributed by atoms with Gasteiger partial charge in [0.15, 0.2) is 0 Å². The second-order valence-electron chi connectivity index (χ2n) is 5.44. The molecule has 0 saturated carbocycles. The summed E-state index contributed by atoms with van der Waals surface area (Å²) in [6.07, 6.45) is 1.83. The quantitative estimate of drug-likeness (QED) is 0.629. The fourth-order valence-corrected chi connectivity index (χ4v) is 1.80. The Kier molecular flexibility index (Phi) is 5.18. The van der Waals surface area contributed by atoms with Gasteiger partial charge in [0.2, 0.25) is 0 Å². The number of benzene rings is 1. The van der Waals surface area contributed by atoms with Gasteiger partial charge in [-0.15, -0.1) is 0 Å². The molecule has 0 bridgehead atoms. The van der Waals surface area contributed by atoms with Crippen LogP contribution < -0.4 is 11.1 Å². The van der Waals surface area contributed by atoms with Crippen molar-refractivity contribution in [2.24, 2.45) is 11.1 Å². The fraction of sp³-hybridized carbons (Fsp3) is 0.500. The van der Waals surface area contributed by atoms with Crippen LogP contribution in [-0.2, 0) is 0 Å². The van der Waals surface area contributed by atoms with Gasteiger partial charge in [-0.25, -0.2) is 0 Å². The molecule has 0 unspecified atom stereocenters. The molecule has 0 fully saturated rings. The first-order valence-electron chi connectivity index (χ1n) is 6.36. The first kappa shape index (κ1) is 15.3. The second-order valence-corrected chi connectivity index (χ2v) is 5.44. The van der Waals surface area contributed by atoms with Crippen LogP contribution in [0.5, 0.6) is 11.5 Å². The van der Waals surface area contributed by atoms with E-state index in [1.54, 1.807) is 0 Å². The van der Waals surface area contributed by atoms with Crippen LogP contribution in [0.3, 0.4) is 0 Å². The predicted octanol–water partition coefficient (Wildman–Crippen LogP) is 1.59. The highest BCUT2D eigenvalue weighted by Gasteiger charge is 2.19. The van der Waals surface area contributed by atoms with Crippen molar-refractivity contribution in [1.82, 2.24) is 5.32 Å². The molecule has 0 aliphatic carbocycles. The summed E-state index contributed by atoms with van der Waals surface area (Å²) >= 11 is 0. The highest BCUT2D eigenvalue weighted by Crippen LogP contribution is 2.24. The number of hydrogen-bond donors (Lipinski definition) is 4. The van der Waals surface area contributed by atoms with Crippen LogP contribution in [0, 0.1) is 5.41 Å². The molecule has 0 heterocycles. The van der Waals surface area contributed by atoms with Gasteiger partial charge in [-0.1, -0.05) is 13.8 Å². The van der Waals surface area contributed by atoms with Crippen molar-refractivity contribution in [1.29, 1.82) is 0 Å². The molecule has 5 nitrogen and oxygen atoms in total. The molecule has 1 aromatic rings. The zero-order valence-corrected chi connectivity index (χ0v) is 11.4. The summed E-state index contributed by atoms with van der Waals surface area (Å²) in [5.74, 6) is -0.645. The summed E-state index contributed by atoms with van der Waals surface area (Å²) in [6.45, 7) is 5.25. The average molecular weight is 266 g/mol. The molecule has 0 atom stereocenters. The number of carbonyl (C=O) groups excluding carboxylic acids is 1. The summed E-state index contributed by atoms with van der Waals surface area (Å²) in [7, 11) is 0. The van der Waals surface area contributed by atoms with Gasteiger partial charge in [0.1, 0.15) is 11.5 Å². The van der Waals surface area contributed by atoms with E-state index < -0.39 is 0 Å². The largest absolute Gasteiger partial charge is 0.508 e. The molecule has 0 radical (unpaired) electrons. The number of phenols is 2. The lowest BCUT2D eigenvalue weighted by Crippen LogP contribution is -2.34. The van der Waals surface area contributed by atoms with Crippen LogP contribution in [0.2, 0.25) is 0 Å². The molecule has 106 valence electrons. The highest BCUT2D eigenvalue weighted by atomic mass is 16.3. The van der Waals surface area contributed by atoms with Gasteiger partial charge in [0.05, 0.1) is 5.56 Å². The van der Waals surface area contributed by atoms with Crippen molar-refractivity contribution in [3.05, 3.63) is 23.8 Å². The Morgan fingerprint density at radius 2 is 2.05 bits per heavy atom. The third-order valence-electron chi connectivity index (χ3n) is 3.01. The summed E-state index contributed by atoms with van der Waals surface area (Å²) in [4.78, 5) is 11.9. The summed E-state index contributed by atoms with van der Waals surface area (Å²) in [5.41, 5.74) is 5.59. The SMILES string of the molecule is CC(C)(CCCN)CNC(=O)c1ccc(O)cc1O. The zero-order valence-electron chi connectivity index (χ0n) is 11.4. The molecule has 0 aliphatic heterocycles. The topological polar surface area (TPSA) is 95.6 Å². The molecule has 1 rings (SSSR count). The third kappa shape index (κ3) is 4.79. The maximum atomic E-state index is 11.9. The van der Waals surface area contributed by atoms with E-state index in [2.05, 4.69) is 19.2 Å². The molecule has 0 spiro atoms. The smallest absolute Gasteiger partial charge is 0.255 e. The molecular formula is C14H22N2O3. The van der Waals surface area contributed by atoms with Crippen LogP contribution in [-0.4, -0.2) is 29.2 Å². The Bertz CT molecular complexity index is 444. The molecule has 5 heteroatoms. The third-order valence-corrected chi connectivity index (χ3v) is 3.01. The molecule has 0 aliphatic rings. The van der Waals surface area contributed by atoms with Crippen LogP contribution in [0.25, 0.3) is 0 Å². The van der Waals surface area contributed by atoms with Crippen molar-refractivity contribution < 1.29 is 15.0 Å². The van der Waals surface area contributed by atoms with Gasteiger partial charge in [0.25, 0.3) is 5.91 Å². The van der Waals surface area contributed by atoms with E-state index in [-0.39, 0.29) is 28.4 Å². The van der Waals surface area contributed by atoms with Crippen LogP contribution >= 0.6 is 0 Å². The lowest BCUT2D eigenvalue weighted by molar-refractivity contribution is 0.0931. The summed E-state index contributed by atoms with van der Waals surface area (Å²) < 4.78 is 0. The number of nitrogens with two attached hydrogens (primary N) is 1. The highest BCUT2D eigenvalue weighted by molar-refractivity contribution is 5.97. The molecule has 1 amide bonds. The predicted molar refractivity (Wildman–Crippen MR) is 74.2 cm³/mol. The van der Waals surface area contributed by atoms with Crippen LogP contribution in [0.4, 0.5) is 0 Å². The van der Waals surface area contributed by atoms with Gasteiger partial charge < -0.3 is 21.3 Å². The Balaban J connectivity index is 2.60. The van der Waals surface area contributed by atoms with Gasteiger partial charge in [-0.05, 0) is 36.9 Å². The summed E-state index contributed by atoms with van der Waals surface area (Å²) in [6, 6.07) is 3.91. The van der Waals surface area contributed by atoms with E-state index in [9.17, 15) is 15.0 Å². The van der Waals surface area contributed by atoms with E-state index in [4.69, 9.17) is 5.73 Å². The first-order valence-corrected chi connectivity index (χ1v) is 6.36. The molecule has 5 N–H and O–H groups in total. The number of carbonyl (C=O) groups is 1. The molecular weight excluding hydrogens is 244 g/mol. The molecule has 1 aromatic carbocycles. The minimum Gasteiger partial charge on any atom is -0.508 e. The van der Waals surface area contributed by atoms with Gasteiger partial charge in [-0.2, -0.15) is 0 Å². The number of nitrogens with one attached hydrogen (secondary N) is 1. The Morgan fingerprint density at radius 1 is 1.37 bits per heavy atom. The van der Waals surface area contributed by atoms with Crippen molar-refractivity contribution in [3.63, 3.8) is 0 Å². The van der Waals surface area contributed by atoms with Crippen LogP contribution in [0.15, 0.2) is 18.2 Å². The maximum absolute atomic E-state index is 11.9. The minimum absolute atomic E-state index is 0.0401. The van der Waals surface area contributed by atoms with Crippen molar-refractivity contribution >= 4 is 5.91 Å². The Hall–Kier alpha value is -1.75. The number of phenolic OH excluding ortho intramolecular Hbond substituents is 2. The van der Waals surface area contributed by atoms with E-state index in [0.717, 1.165) is 18.9 Å². The van der Waals surface area contributed by atoms with Crippen molar-refractivity contribution in [3.8, 4) is 11.5 Å². The number of rotatable bonds is 6. The van der Waals surface area contributed by atoms with Gasteiger partial charge in [-0.3, -0.25) is 4.79 Å². The minimum atomic E-state index is -0.349. The van der Waals surface area contributed by atoms with E-state index in [0.29, 0.717) is 13.1 Å². The Labute approximate surface area is 113 Å². The van der Waals surface area contributed by atoms with Gasteiger partial charge in [0, 0.05) is 12.6 Å². The second kappa shape index (κ2) is 6.43. The van der Waals surface area contributed by atoms with Crippen molar-refractivity contribution in [2.45, 2.75) is 26.7 Å². The van der Waals surface area contributed by atoms with Crippen molar-refractivity contribution in [2.75, 3.05) is 13.1 Å². The normalized spacial score (nSPS) is 11.3. The van der Waals surface area contributed by atoms with Gasteiger partial charge >= 0.3 is 0 Å². The lowest BCUT2D eigenvalue weighted by Gasteiger charge is -2.24. The number of hydrogen-bond acceptors (Lipinski definition) is 4. The first-order chi connectivity index (χ1) is 8.85. The number of aromatic hydroxyl groups is 2. The molecule has 19 heavy (non-hydrogen) atoms. The maximum Gasteiger partial charge on any atom is 0.255 e. The average Bonchev–Trinajstić information content (AvgIpc) is 2.34. The van der Waals surface area contributed by atoms with E-state index in [1.165, 1.54) is 12.1 Å².